The van der Waals surface area contributed by atoms with Crippen molar-refractivity contribution in [2.24, 2.45) is 0 Å². The molecule has 0 radical (unpaired) electrons. The first kappa shape index (κ1) is 18.6. The van der Waals surface area contributed by atoms with E-state index in [9.17, 15) is 0 Å². The van der Waals surface area contributed by atoms with Crippen molar-refractivity contribution in [3.05, 3.63) is 36.4 Å². The molecule has 0 unspecified atom stereocenters. The van der Waals surface area contributed by atoms with Crippen LogP contribution in [0.1, 0.15) is 0 Å². The Morgan fingerprint density at radius 1 is 0.786 bits per heavy atom. The number of rotatable bonds is 6. The Kier molecular flexibility index (Phi) is 5.65. The first-order valence-corrected chi connectivity index (χ1v) is 10.5. The average Bonchev–Trinajstić information content (AvgIpc) is 3.32. The number of imidazole rings is 2. The van der Waals surface area contributed by atoms with Gasteiger partial charge in [0.25, 0.3) is 0 Å². The lowest BCUT2D eigenvalue weighted by atomic mass is 10.3. The largest absolute Gasteiger partial charge is 0.497 e. The Balaban J connectivity index is 1.29. The average molecular weight is 411 g/mol. The molecule has 6 nitrogen and oxygen atoms in total. The second-order valence-corrected chi connectivity index (χ2v) is 7.71. The van der Waals surface area contributed by atoms with E-state index >= 15 is 0 Å². The minimum atomic E-state index is 0.675. The van der Waals surface area contributed by atoms with Gasteiger partial charge >= 0.3 is 0 Å². The number of hydrogen-bond donors (Lipinski definition) is 2. The molecule has 2 aromatic heterocycles. The van der Waals surface area contributed by atoms with Gasteiger partial charge in [-0.25, -0.2) is 9.97 Å². The zero-order chi connectivity index (χ0) is 19.3. The highest BCUT2D eigenvalue weighted by atomic mass is 32.2. The number of fused-ring (bicyclic) bond motifs is 2. The van der Waals surface area contributed by atoms with Crippen LogP contribution >= 0.6 is 23.5 Å². The summed E-state index contributed by atoms with van der Waals surface area (Å²) < 4.78 is 10.5. The van der Waals surface area contributed by atoms with E-state index < -0.39 is 0 Å². The fourth-order valence-corrected chi connectivity index (χ4v) is 3.94. The molecule has 0 saturated carbocycles. The summed E-state index contributed by atoms with van der Waals surface area (Å²) in [6.45, 7) is 0. The predicted octanol–water partition coefficient (Wildman–Crippen LogP) is 4.34. The van der Waals surface area contributed by atoms with Gasteiger partial charge in [-0.15, -0.1) is 0 Å². The topological polar surface area (TPSA) is 75.8 Å². The van der Waals surface area contributed by atoms with Crippen molar-refractivity contribution in [1.29, 1.82) is 0 Å². The molecule has 0 amide bonds. The van der Waals surface area contributed by atoms with E-state index in [2.05, 4.69) is 31.8 Å². The van der Waals surface area contributed by atoms with E-state index in [0.717, 1.165) is 43.9 Å². The van der Waals surface area contributed by atoms with Gasteiger partial charge in [0.15, 0.2) is 10.3 Å². The fourth-order valence-electron chi connectivity index (χ4n) is 2.63. The molecule has 0 aliphatic heterocycles. The molecule has 142 valence electrons. The van der Waals surface area contributed by atoms with E-state index in [0.29, 0.717) is 11.5 Å². The smallest absolute Gasteiger partial charge is 0.167 e. The quantitative estimate of drug-likeness (QED) is 0.364. The molecule has 0 atom stereocenters. The number of nitrogens with one attached hydrogen (secondary N) is 2. The number of H-pyrrole nitrogens is 2. The second-order valence-electron chi connectivity index (χ2n) is 5.78. The Bertz CT molecular complexity index is 1080. The summed E-state index contributed by atoms with van der Waals surface area (Å²) in [5.41, 5.74) is 3.78. The van der Waals surface area contributed by atoms with Crippen LogP contribution in [0.5, 0.6) is 11.5 Å². The highest BCUT2D eigenvalue weighted by Gasteiger charge is 2.05. The summed E-state index contributed by atoms with van der Waals surface area (Å²) in [6.07, 6.45) is 0. The molecule has 0 aliphatic rings. The lowest BCUT2D eigenvalue weighted by Crippen LogP contribution is -1.81. The summed E-state index contributed by atoms with van der Waals surface area (Å²) in [6, 6.07) is 11.6. The molecule has 4 rings (SSSR count). The number of aromatic nitrogens is 4. The van der Waals surface area contributed by atoms with E-state index in [4.69, 9.17) is 9.47 Å². The SMILES string of the molecule is COc1ccc2nc(SCC#CCSc3nc4ccc(OC)cc4[nH]3)[nH]c2c1. The van der Waals surface area contributed by atoms with Crippen LogP contribution in [0, 0.1) is 11.8 Å². The molecule has 0 saturated heterocycles. The van der Waals surface area contributed by atoms with Crippen LogP contribution in [0.4, 0.5) is 0 Å². The third-order valence-corrected chi connectivity index (χ3v) is 5.53. The zero-order valence-electron chi connectivity index (χ0n) is 15.4. The van der Waals surface area contributed by atoms with Crippen molar-refractivity contribution in [3.63, 3.8) is 0 Å². The van der Waals surface area contributed by atoms with Crippen LogP contribution in [0.25, 0.3) is 22.1 Å². The van der Waals surface area contributed by atoms with Crippen LogP contribution in [0.2, 0.25) is 0 Å². The maximum absolute atomic E-state index is 5.23. The monoisotopic (exact) mass is 410 g/mol. The van der Waals surface area contributed by atoms with Gasteiger partial charge in [-0.2, -0.15) is 0 Å². The Morgan fingerprint density at radius 3 is 1.68 bits per heavy atom. The molecule has 0 spiro atoms. The maximum atomic E-state index is 5.23. The standard InChI is InChI=1S/C20H18N4O2S2/c1-25-13-5-7-15-17(11-13)23-19(21-15)27-9-3-4-10-28-20-22-16-8-6-14(26-2)12-18(16)24-20/h5-8,11-12H,9-10H2,1-2H3,(H,21,23)(H,22,24). The van der Waals surface area contributed by atoms with Crippen molar-refractivity contribution in [1.82, 2.24) is 19.9 Å². The van der Waals surface area contributed by atoms with E-state index in [-0.39, 0.29) is 0 Å². The number of hydrogen-bond acceptors (Lipinski definition) is 6. The van der Waals surface area contributed by atoms with Crippen molar-refractivity contribution < 1.29 is 9.47 Å². The number of aromatic amines is 2. The van der Waals surface area contributed by atoms with Gasteiger partial charge in [-0.05, 0) is 24.3 Å². The van der Waals surface area contributed by atoms with Crippen LogP contribution in [0.15, 0.2) is 46.7 Å². The van der Waals surface area contributed by atoms with Crippen molar-refractivity contribution in [2.45, 2.75) is 10.3 Å². The van der Waals surface area contributed by atoms with Crippen LogP contribution in [-0.2, 0) is 0 Å². The summed E-state index contributed by atoms with van der Waals surface area (Å²) in [5, 5.41) is 1.72. The minimum absolute atomic E-state index is 0.675. The number of thioether (sulfide) groups is 2. The number of benzene rings is 2. The van der Waals surface area contributed by atoms with Gasteiger partial charge in [0.2, 0.25) is 0 Å². The summed E-state index contributed by atoms with van der Waals surface area (Å²) in [4.78, 5) is 15.7. The summed E-state index contributed by atoms with van der Waals surface area (Å²) >= 11 is 3.17. The second kappa shape index (κ2) is 8.50. The zero-order valence-corrected chi connectivity index (χ0v) is 17.0. The maximum Gasteiger partial charge on any atom is 0.167 e. The number of ether oxygens (including phenoxy) is 2. The van der Waals surface area contributed by atoms with Crippen molar-refractivity contribution >= 4 is 45.6 Å². The van der Waals surface area contributed by atoms with E-state index in [1.54, 1.807) is 37.7 Å². The predicted molar refractivity (Wildman–Crippen MR) is 115 cm³/mol. The third kappa shape index (κ3) is 4.21. The molecular weight excluding hydrogens is 392 g/mol. The van der Waals surface area contributed by atoms with Gasteiger partial charge in [0, 0.05) is 12.1 Å². The summed E-state index contributed by atoms with van der Waals surface area (Å²) in [7, 11) is 3.31. The van der Waals surface area contributed by atoms with Crippen molar-refractivity contribution in [2.75, 3.05) is 25.7 Å². The molecule has 4 aromatic rings. The molecule has 0 fully saturated rings. The van der Waals surface area contributed by atoms with Crippen LogP contribution in [0.3, 0.4) is 0 Å². The fraction of sp³-hybridized carbons (Fsp3) is 0.200. The van der Waals surface area contributed by atoms with Gasteiger partial charge in [-0.3, -0.25) is 0 Å². The van der Waals surface area contributed by atoms with E-state index in [1.807, 2.05) is 36.4 Å². The lowest BCUT2D eigenvalue weighted by molar-refractivity contribution is 0.415. The molecule has 2 heterocycles. The first-order chi connectivity index (χ1) is 13.7. The number of methoxy groups -OCH3 is 2. The lowest BCUT2D eigenvalue weighted by Gasteiger charge is -1.96. The molecule has 28 heavy (non-hydrogen) atoms. The van der Waals surface area contributed by atoms with Gasteiger partial charge in [-0.1, -0.05) is 35.4 Å². The molecule has 0 aliphatic carbocycles. The summed E-state index contributed by atoms with van der Waals surface area (Å²) in [5.74, 6) is 9.32. The molecule has 2 N–H and O–H groups in total. The first-order valence-electron chi connectivity index (χ1n) is 8.54. The number of nitrogens with zero attached hydrogens (tertiary/aromatic N) is 2. The molecule has 8 heteroatoms. The Labute approximate surface area is 170 Å². The van der Waals surface area contributed by atoms with Crippen molar-refractivity contribution in [3.8, 4) is 23.3 Å². The molecular formula is C20H18N4O2S2. The normalized spacial score (nSPS) is 10.8. The molecule has 2 aromatic carbocycles. The minimum Gasteiger partial charge on any atom is -0.497 e. The molecule has 0 bridgehead atoms. The van der Waals surface area contributed by atoms with Gasteiger partial charge in [0.05, 0.1) is 47.8 Å². The highest BCUT2D eigenvalue weighted by Crippen LogP contribution is 2.24. The third-order valence-electron chi connectivity index (χ3n) is 4.02. The highest BCUT2D eigenvalue weighted by molar-refractivity contribution is 7.99. The van der Waals surface area contributed by atoms with Gasteiger partial charge in [0.1, 0.15) is 11.5 Å². The van der Waals surface area contributed by atoms with Gasteiger partial charge < -0.3 is 19.4 Å². The van der Waals surface area contributed by atoms with E-state index in [1.165, 1.54) is 0 Å². The Morgan fingerprint density at radius 2 is 1.25 bits per heavy atom. The van der Waals surface area contributed by atoms with Crippen LogP contribution in [-0.4, -0.2) is 45.7 Å². The Hall–Kier alpha value is -2.76. The van der Waals surface area contributed by atoms with Crippen LogP contribution < -0.4 is 9.47 Å².